The average molecular weight is 295 g/mol. The lowest BCUT2D eigenvalue weighted by atomic mass is 9.69. The van der Waals surface area contributed by atoms with Gasteiger partial charge in [-0.05, 0) is 56.2 Å². The van der Waals surface area contributed by atoms with Crippen molar-refractivity contribution in [1.82, 2.24) is 4.90 Å². The van der Waals surface area contributed by atoms with Crippen LogP contribution < -0.4 is 0 Å². The number of hydrogen-bond acceptors (Lipinski definition) is 2. The highest BCUT2D eigenvalue weighted by molar-refractivity contribution is 5.40. The smallest absolute Gasteiger partial charge is 0.0953 e. The molecule has 1 saturated carbocycles. The average Bonchev–Trinajstić information content (AvgIpc) is 3.19. The van der Waals surface area contributed by atoms with E-state index in [1.165, 1.54) is 44.2 Å². The highest BCUT2D eigenvalue weighted by atomic mass is 16.5. The molecule has 116 valence electrons. The fourth-order valence-corrected chi connectivity index (χ4v) is 5.85. The Kier molecular flexibility index (Phi) is 2.99. The maximum Gasteiger partial charge on any atom is 0.0953 e. The Morgan fingerprint density at radius 3 is 2.91 bits per heavy atom. The fourth-order valence-electron chi connectivity index (χ4n) is 5.85. The molecular weight excluding hydrogens is 270 g/mol. The van der Waals surface area contributed by atoms with Crippen LogP contribution in [-0.4, -0.2) is 29.7 Å². The zero-order valence-electron chi connectivity index (χ0n) is 13.2. The van der Waals surface area contributed by atoms with Gasteiger partial charge in [0.15, 0.2) is 0 Å². The summed E-state index contributed by atoms with van der Waals surface area (Å²) in [5.41, 5.74) is 3.14. The SMILES string of the molecule is C1=C2[C@@H](c3ccccc3)N3CCC[C@@H]3[C@H]3CCC[C@@]23OCC1. The van der Waals surface area contributed by atoms with Crippen LogP contribution in [0.2, 0.25) is 0 Å². The van der Waals surface area contributed by atoms with E-state index in [-0.39, 0.29) is 5.60 Å². The molecule has 1 aromatic rings. The molecule has 3 aliphatic heterocycles. The molecule has 5 rings (SSSR count). The van der Waals surface area contributed by atoms with Crippen molar-refractivity contribution < 1.29 is 4.74 Å². The van der Waals surface area contributed by atoms with Gasteiger partial charge < -0.3 is 4.74 Å². The first-order chi connectivity index (χ1) is 10.9. The van der Waals surface area contributed by atoms with Gasteiger partial charge in [0.05, 0.1) is 18.2 Å². The summed E-state index contributed by atoms with van der Waals surface area (Å²) < 4.78 is 6.56. The summed E-state index contributed by atoms with van der Waals surface area (Å²) in [5, 5.41) is 0. The Morgan fingerprint density at radius 2 is 2.00 bits per heavy atom. The van der Waals surface area contributed by atoms with Gasteiger partial charge in [0.1, 0.15) is 0 Å². The van der Waals surface area contributed by atoms with Crippen molar-refractivity contribution in [3.05, 3.63) is 47.5 Å². The van der Waals surface area contributed by atoms with Gasteiger partial charge in [-0.3, -0.25) is 4.90 Å². The van der Waals surface area contributed by atoms with Crippen LogP contribution in [-0.2, 0) is 4.74 Å². The molecule has 3 fully saturated rings. The van der Waals surface area contributed by atoms with Crippen molar-refractivity contribution in [3.8, 4) is 0 Å². The zero-order chi connectivity index (χ0) is 14.6. The first-order valence-corrected chi connectivity index (χ1v) is 9.05. The molecule has 0 bridgehead atoms. The first kappa shape index (κ1) is 13.3. The fraction of sp³-hybridized carbons (Fsp3) is 0.600. The number of fused-ring (bicyclic) bond motifs is 2. The van der Waals surface area contributed by atoms with Gasteiger partial charge in [-0.2, -0.15) is 0 Å². The molecule has 1 aromatic carbocycles. The third-order valence-electron chi connectivity index (χ3n) is 6.54. The molecule has 4 atom stereocenters. The summed E-state index contributed by atoms with van der Waals surface area (Å²) in [6, 6.07) is 12.4. The van der Waals surface area contributed by atoms with Crippen molar-refractivity contribution in [2.24, 2.45) is 5.92 Å². The minimum absolute atomic E-state index is 0.0737. The lowest BCUT2D eigenvalue weighted by Crippen LogP contribution is -2.58. The number of ether oxygens (including phenoxy) is 1. The van der Waals surface area contributed by atoms with Crippen LogP contribution in [0.15, 0.2) is 42.0 Å². The highest BCUT2D eigenvalue weighted by Gasteiger charge is 2.59. The quantitative estimate of drug-likeness (QED) is 0.724. The van der Waals surface area contributed by atoms with Crippen molar-refractivity contribution in [1.29, 1.82) is 0 Å². The van der Waals surface area contributed by atoms with E-state index in [0.717, 1.165) is 25.0 Å². The van der Waals surface area contributed by atoms with Crippen molar-refractivity contribution in [2.45, 2.75) is 56.2 Å². The summed E-state index contributed by atoms with van der Waals surface area (Å²) in [4.78, 5) is 2.81. The number of benzene rings is 1. The van der Waals surface area contributed by atoms with Crippen LogP contribution in [0.25, 0.3) is 0 Å². The summed E-state index contributed by atoms with van der Waals surface area (Å²) in [6.45, 7) is 2.18. The van der Waals surface area contributed by atoms with E-state index >= 15 is 0 Å². The summed E-state index contributed by atoms with van der Waals surface area (Å²) in [6.07, 6.45) is 10.3. The lowest BCUT2D eigenvalue weighted by Gasteiger charge is -2.54. The van der Waals surface area contributed by atoms with E-state index in [1.54, 1.807) is 5.57 Å². The molecule has 2 saturated heterocycles. The zero-order valence-corrected chi connectivity index (χ0v) is 13.2. The molecule has 3 heterocycles. The second-order valence-corrected chi connectivity index (χ2v) is 7.45. The van der Waals surface area contributed by atoms with Gasteiger partial charge >= 0.3 is 0 Å². The van der Waals surface area contributed by atoms with E-state index in [9.17, 15) is 0 Å². The summed E-state index contributed by atoms with van der Waals surface area (Å²) in [7, 11) is 0. The maximum absolute atomic E-state index is 6.56. The van der Waals surface area contributed by atoms with Crippen LogP contribution in [0.1, 0.15) is 50.1 Å². The Hall–Kier alpha value is -1.12. The Bertz CT molecular complexity index is 595. The Balaban J connectivity index is 1.68. The molecule has 0 amide bonds. The largest absolute Gasteiger partial charge is 0.370 e. The second-order valence-electron chi connectivity index (χ2n) is 7.45. The summed E-state index contributed by atoms with van der Waals surface area (Å²) in [5.74, 6) is 0.738. The van der Waals surface area contributed by atoms with Crippen LogP contribution in [0.5, 0.6) is 0 Å². The number of piperidine rings is 1. The van der Waals surface area contributed by atoms with Gasteiger partial charge in [0, 0.05) is 12.0 Å². The second kappa shape index (κ2) is 4.94. The molecular formula is C20H25NO. The molecule has 0 radical (unpaired) electrons. The lowest BCUT2D eigenvalue weighted by molar-refractivity contribution is -0.105. The van der Waals surface area contributed by atoms with E-state index < -0.39 is 0 Å². The molecule has 0 unspecified atom stereocenters. The minimum Gasteiger partial charge on any atom is -0.370 e. The van der Waals surface area contributed by atoms with Gasteiger partial charge in [0.2, 0.25) is 0 Å². The molecule has 4 aliphatic rings. The van der Waals surface area contributed by atoms with E-state index in [1.807, 2.05) is 0 Å². The molecule has 0 aromatic heterocycles. The maximum atomic E-state index is 6.56. The van der Waals surface area contributed by atoms with Crippen LogP contribution in [0.4, 0.5) is 0 Å². The highest BCUT2D eigenvalue weighted by Crippen LogP contribution is 2.59. The molecule has 0 N–H and O–H groups in total. The van der Waals surface area contributed by atoms with Gasteiger partial charge in [-0.25, -0.2) is 0 Å². The van der Waals surface area contributed by atoms with E-state index in [2.05, 4.69) is 41.3 Å². The summed E-state index contributed by atoms with van der Waals surface area (Å²) >= 11 is 0. The van der Waals surface area contributed by atoms with Crippen molar-refractivity contribution in [2.75, 3.05) is 13.2 Å². The van der Waals surface area contributed by atoms with E-state index in [0.29, 0.717) is 6.04 Å². The van der Waals surface area contributed by atoms with Crippen molar-refractivity contribution in [3.63, 3.8) is 0 Å². The predicted molar refractivity (Wildman–Crippen MR) is 87.6 cm³/mol. The van der Waals surface area contributed by atoms with Crippen LogP contribution >= 0.6 is 0 Å². The van der Waals surface area contributed by atoms with Gasteiger partial charge in [-0.15, -0.1) is 0 Å². The topological polar surface area (TPSA) is 12.5 Å². The van der Waals surface area contributed by atoms with Crippen LogP contribution in [0, 0.1) is 5.92 Å². The third-order valence-corrected chi connectivity index (χ3v) is 6.54. The molecule has 2 heteroatoms. The predicted octanol–water partition coefficient (Wildman–Crippen LogP) is 4.09. The number of rotatable bonds is 1. The first-order valence-electron chi connectivity index (χ1n) is 9.05. The standard InChI is InChI=1S/C20H25NO/c1-2-7-15(8-3-1)19-17-10-6-14-22-20(17)12-4-9-16(20)18-11-5-13-21(18)19/h1-3,7-8,10,16,18-19H,4-6,9,11-14H2/t16-,18-,19-,20+/m1/s1. The minimum atomic E-state index is 0.0737. The van der Waals surface area contributed by atoms with Crippen molar-refractivity contribution >= 4 is 0 Å². The van der Waals surface area contributed by atoms with E-state index in [4.69, 9.17) is 4.74 Å². The number of nitrogens with zero attached hydrogens (tertiary/aromatic N) is 1. The normalized spacial score (nSPS) is 40.7. The third kappa shape index (κ3) is 1.68. The monoisotopic (exact) mass is 295 g/mol. The molecule has 22 heavy (non-hydrogen) atoms. The Morgan fingerprint density at radius 1 is 1.09 bits per heavy atom. The Labute approximate surface area is 133 Å². The molecule has 1 spiro atoms. The van der Waals surface area contributed by atoms with Crippen LogP contribution in [0.3, 0.4) is 0 Å². The van der Waals surface area contributed by atoms with Gasteiger partial charge in [-0.1, -0.05) is 36.4 Å². The molecule has 2 nitrogen and oxygen atoms in total. The van der Waals surface area contributed by atoms with Gasteiger partial charge in [0.25, 0.3) is 0 Å². The molecule has 1 aliphatic carbocycles. The number of hydrogen-bond donors (Lipinski definition) is 0.